The van der Waals surface area contributed by atoms with Gasteiger partial charge in [0.1, 0.15) is 0 Å². The molecule has 0 saturated heterocycles. The molecule has 3 heteroatoms. The summed E-state index contributed by atoms with van der Waals surface area (Å²) in [6.07, 6.45) is 5.21. The van der Waals surface area contributed by atoms with E-state index in [1.165, 1.54) is 42.3 Å². The number of aromatic amines is 1. The summed E-state index contributed by atoms with van der Waals surface area (Å²) in [5, 5.41) is 0. The number of aromatic nitrogens is 2. The Morgan fingerprint density at radius 1 is 1.33 bits per heavy atom. The second-order valence-corrected chi connectivity index (χ2v) is 6.13. The Labute approximate surface area is 113 Å². The zero-order valence-corrected chi connectivity index (χ0v) is 11.9. The Kier molecular flexibility index (Phi) is 3.02. The minimum atomic E-state index is 0.581. The largest absolute Gasteiger partial charge is 0.331 e. The smallest absolute Gasteiger partial charge is 0.178 e. The summed E-state index contributed by atoms with van der Waals surface area (Å²) in [6.45, 7) is 4.48. The van der Waals surface area contributed by atoms with Gasteiger partial charge in [-0.15, -0.1) is 0 Å². The molecule has 1 aliphatic rings. The summed E-state index contributed by atoms with van der Waals surface area (Å²) in [6, 6.07) is 7.15. The van der Waals surface area contributed by atoms with Gasteiger partial charge in [-0.25, -0.2) is 0 Å². The maximum absolute atomic E-state index is 5.52. The van der Waals surface area contributed by atoms with Crippen molar-refractivity contribution in [3.05, 3.63) is 28.5 Å². The van der Waals surface area contributed by atoms with Crippen LogP contribution in [0.4, 0.5) is 0 Å². The molecule has 0 amide bonds. The molecule has 1 aromatic carbocycles. The average molecular weight is 260 g/mol. The number of H-pyrrole nitrogens is 1. The third-order valence-electron chi connectivity index (χ3n) is 4.15. The Hall–Kier alpha value is -1.09. The summed E-state index contributed by atoms with van der Waals surface area (Å²) in [4.78, 5) is 3.36. The van der Waals surface area contributed by atoms with Gasteiger partial charge in [-0.05, 0) is 55.6 Å². The number of rotatable bonds is 1. The van der Waals surface area contributed by atoms with Crippen LogP contribution in [0.25, 0.3) is 11.0 Å². The van der Waals surface area contributed by atoms with Gasteiger partial charge in [0.15, 0.2) is 4.77 Å². The Bertz CT molecular complexity index is 623. The van der Waals surface area contributed by atoms with Crippen molar-refractivity contribution in [2.45, 2.75) is 45.6 Å². The molecule has 96 valence electrons. The lowest BCUT2D eigenvalue weighted by Gasteiger charge is -2.28. The number of hydrogen-bond donors (Lipinski definition) is 1. The van der Waals surface area contributed by atoms with Gasteiger partial charge in [0, 0.05) is 6.04 Å². The van der Waals surface area contributed by atoms with E-state index in [4.69, 9.17) is 12.2 Å². The summed E-state index contributed by atoms with van der Waals surface area (Å²) < 4.78 is 3.23. The number of imidazole rings is 1. The van der Waals surface area contributed by atoms with Gasteiger partial charge < -0.3 is 9.55 Å². The molecule has 0 spiro atoms. The van der Waals surface area contributed by atoms with E-state index in [1.807, 2.05) is 0 Å². The zero-order chi connectivity index (χ0) is 12.7. The van der Waals surface area contributed by atoms with Crippen molar-refractivity contribution in [1.82, 2.24) is 9.55 Å². The van der Waals surface area contributed by atoms with E-state index in [0.717, 1.165) is 10.7 Å². The van der Waals surface area contributed by atoms with E-state index in [-0.39, 0.29) is 0 Å². The van der Waals surface area contributed by atoms with Crippen molar-refractivity contribution in [2.24, 2.45) is 5.92 Å². The molecule has 1 fully saturated rings. The minimum absolute atomic E-state index is 0.581. The summed E-state index contributed by atoms with van der Waals surface area (Å²) in [7, 11) is 0. The van der Waals surface area contributed by atoms with Crippen LogP contribution in [0.5, 0.6) is 0 Å². The van der Waals surface area contributed by atoms with Crippen molar-refractivity contribution in [1.29, 1.82) is 0 Å². The summed E-state index contributed by atoms with van der Waals surface area (Å²) in [5.41, 5.74) is 3.73. The summed E-state index contributed by atoms with van der Waals surface area (Å²) in [5.74, 6) is 0.820. The van der Waals surface area contributed by atoms with Gasteiger partial charge in [-0.3, -0.25) is 0 Å². The quantitative estimate of drug-likeness (QED) is 0.733. The first kappa shape index (κ1) is 12.0. The predicted octanol–water partition coefficient (Wildman–Crippen LogP) is 4.76. The minimum Gasteiger partial charge on any atom is -0.331 e. The highest BCUT2D eigenvalue weighted by atomic mass is 32.1. The number of aryl methyl sites for hydroxylation is 1. The average Bonchev–Trinajstić information content (AvgIpc) is 2.64. The molecule has 1 aliphatic carbocycles. The molecule has 18 heavy (non-hydrogen) atoms. The molecule has 1 saturated carbocycles. The molecule has 2 unspecified atom stereocenters. The Balaban J connectivity index is 2.10. The van der Waals surface area contributed by atoms with E-state index in [9.17, 15) is 0 Å². The molecule has 3 rings (SSSR count). The van der Waals surface area contributed by atoms with Gasteiger partial charge in [-0.1, -0.05) is 25.8 Å². The third kappa shape index (κ3) is 2.01. The van der Waals surface area contributed by atoms with Crippen molar-refractivity contribution < 1.29 is 0 Å². The first-order valence-electron chi connectivity index (χ1n) is 6.86. The Morgan fingerprint density at radius 2 is 2.17 bits per heavy atom. The fourth-order valence-electron chi connectivity index (χ4n) is 3.24. The van der Waals surface area contributed by atoms with E-state index in [2.05, 4.69) is 41.6 Å². The zero-order valence-electron chi connectivity index (χ0n) is 11.1. The van der Waals surface area contributed by atoms with E-state index < -0.39 is 0 Å². The van der Waals surface area contributed by atoms with Gasteiger partial charge >= 0.3 is 0 Å². The van der Waals surface area contributed by atoms with Crippen LogP contribution < -0.4 is 0 Å². The predicted molar refractivity (Wildman–Crippen MR) is 78.5 cm³/mol. The second-order valence-electron chi connectivity index (χ2n) is 5.75. The van der Waals surface area contributed by atoms with Crippen LogP contribution in [0.1, 0.15) is 44.2 Å². The SMILES string of the molecule is Cc1ccc2c(c1)[nH]c(=S)n2C1CCCC(C)C1. The third-order valence-corrected chi connectivity index (χ3v) is 4.44. The van der Waals surface area contributed by atoms with Gasteiger partial charge in [0.2, 0.25) is 0 Å². The molecule has 0 bridgehead atoms. The summed E-state index contributed by atoms with van der Waals surface area (Å²) >= 11 is 5.52. The number of benzene rings is 1. The van der Waals surface area contributed by atoms with Crippen LogP contribution in [-0.4, -0.2) is 9.55 Å². The second kappa shape index (κ2) is 4.54. The van der Waals surface area contributed by atoms with Crippen molar-refractivity contribution in [3.63, 3.8) is 0 Å². The lowest BCUT2D eigenvalue weighted by atomic mass is 9.87. The molecule has 0 radical (unpaired) electrons. The lowest BCUT2D eigenvalue weighted by molar-refractivity contribution is 0.285. The molecular weight excluding hydrogens is 240 g/mol. The molecule has 1 N–H and O–H groups in total. The molecule has 0 aliphatic heterocycles. The van der Waals surface area contributed by atoms with Crippen LogP contribution in [0.2, 0.25) is 0 Å². The number of nitrogens with one attached hydrogen (secondary N) is 1. The molecule has 2 aromatic rings. The highest BCUT2D eigenvalue weighted by Gasteiger charge is 2.22. The normalized spacial score (nSPS) is 24.6. The molecule has 1 heterocycles. The molecular formula is C15H20N2S. The highest BCUT2D eigenvalue weighted by Crippen LogP contribution is 2.34. The highest BCUT2D eigenvalue weighted by molar-refractivity contribution is 7.71. The van der Waals surface area contributed by atoms with E-state index in [0.29, 0.717) is 6.04 Å². The standard InChI is InChI=1S/C15H20N2S/c1-10-4-3-5-12(8-10)17-14-7-6-11(2)9-13(14)16-15(17)18/h6-7,9-10,12H,3-5,8H2,1-2H3,(H,16,18). The fraction of sp³-hybridized carbons (Fsp3) is 0.533. The number of hydrogen-bond acceptors (Lipinski definition) is 1. The maximum Gasteiger partial charge on any atom is 0.178 e. The van der Waals surface area contributed by atoms with E-state index in [1.54, 1.807) is 0 Å². The first-order chi connectivity index (χ1) is 8.65. The molecule has 1 aromatic heterocycles. The van der Waals surface area contributed by atoms with Crippen molar-refractivity contribution in [2.75, 3.05) is 0 Å². The molecule has 2 atom stereocenters. The van der Waals surface area contributed by atoms with Crippen molar-refractivity contribution in [3.8, 4) is 0 Å². The van der Waals surface area contributed by atoms with Crippen LogP contribution >= 0.6 is 12.2 Å². The number of nitrogens with zero attached hydrogens (tertiary/aromatic N) is 1. The monoisotopic (exact) mass is 260 g/mol. The van der Waals surface area contributed by atoms with Crippen LogP contribution in [0.3, 0.4) is 0 Å². The topological polar surface area (TPSA) is 20.7 Å². The van der Waals surface area contributed by atoms with Crippen LogP contribution in [-0.2, 0) is 0 Å². The van der Waals surface area contributed by atoms with Gasteiger partial charge in [0.05, 0.1) is 11.0 Å². The lowest BCUT2D eigenvalue weighted by Crippen LogP contribution is -2.17. The van der Waals surface area contributed by atoms with Gasteiger partial charge in [0.25, 0.3) is 0 Å². The van der Waals surface area contributed by atoms with Crippen LogP contribution in [0, 0.1) is 17.6 Å². The van der Waals surface area contributed by atoms with Crippen LogP contribution in [0.15, 0.2) is 18.2 Å². The maximum atomic E-state index is 5.52. The van der Waals surface area contributed by atoms with Gasteiger partial charge in [-0.2, -0.15) is 0 Å². The Morgan fingerprint density at radius 3 is 2.94 bits per heavy atom. The molecule has 2 nitrogen and oxygen atoms in total. The van der Waals surface area contributed by atoms with Crippen molar-refractivity contribution >= 4 is 23.3 Å². The van der Waals surface area contributed by atoms with E-state index >= 15 is 0 Å². The number of fused-ring (bicyclic) bond motifs is 1. The fourth-order valence-corrected chi connectivity index (χ4v) is 3.60. The first-order valence-corrected chi connectivity index (χ1v) is 7.27.